The third-order valence-electron chi connectivity index (χ3n) is 1.42. The molecule has 0 aromatic carbocycles. The molecule has 2 aliphatic rings. The fraction of sp³-hybridized carbons (Fsp3) is 0.250. The van der Waals surface area contributed by atoms with Crippen LogP contribution in [0.1, 0.15) is 0 Å². The number of carboxylic acids is 2. The smallest absolute Gasteiger partial charge is 0.321 e. The Bertz CT molecular complexity index is 301. The van der Waals surface area contributed by atoms with Crippen molar-refractivity contribution in [1.82, 2.24) is 0 Å². The van der Waals surface area contributed by atoms with Gasteiger partial charge in [-0.3, -0.25) is 9.59 Å². The largest absolute Gasteiger partial charge is 0.480 e. The van der Waals surface area contributed by atoms with Crippen molar-refractivity contribution >= 4 is 55.1 Å². The monoisotopic (exact) mass is 352 g/mol. The number of carboxylic acid groups (broad SMARTS) is 2. The van der Waals surface area contributed by atoms with Gasteiger partial charge in [-0.25, -0.2) is 0 Å². The van der Waals surface area contributed by atoms with Crippen molar-refractivity contribution in [1.29, 1.82) is 0 Å². The second kappa shape index (κ2) is 9.29. The fourth-order valence-electron chi connectivity index (χ4n) is 0.702. The third-order valence-corrected chi connectivity index (χ3v) is 5.89. The van der Waals surface area contributed by atoms with E-state index < -0.39 is 11.9 Å². The summed E-state index contributed by atoms with van der Waals surface area (Å²) in [6.45, 7) is 0. The summed E-state index contributed by atoms with van der Waals surface area (Å²) >= 11 is 0. The molecule has 0 saturated carbocycles. The van der Waals surface area contributed by atoms with Gasteiger partial charge < -0.3 is 10.2 Å². The molecule has 2 atom stereocenters. The van der Waals surface area contributed by atoms with Gasteiger partial charge in [0.2, 0.25) is 0 Å². The molecule has 9 heteroatoms. The Morgan fingerprint density at radius 3 is 1.35 bits per heavy atom. The van der Waals surface area contributed by atoms with Crippen LogP contribution < -0.4 is 0 Å². The maximum Gasteiger partial charge on any atom is 0.321 e. The van der Waals surface area contributed by atoms with Crippen LogP contribution in [0.3, 0.4) is 0 Å². The van der Waals surface area contributed by atoms with E-state index in [2.05, 4.69) is 0 Å². The second-order valence-corrected chi connectivity index (χ2v) is 7.20. The molecule has 0 fully saturated rings. The number of rotatable bonds is 2. The molecule has 0 bridgehead atoms. The molecule has 0 aromatic heterocycles. The molecule has 2 aliphatic heterocycles. The van der Waals surface area contributed by atoms with Crippen LogP contribution >= 0.6 is 43.2 Å². The van der Waals surface area contributed by atoms with E-state index in [1.165, 1.54) is 43.2 Å². The maximum atomic E-state index is 10.1. The summed E-state index contributed by atoms with van der Waals surface area (Å²) in [5.74, 6) is -1.51. The summed E-state index contributed by atoms with van der Waals surface area (Å²) in [4.78, 5) is 20.2. The minimum Gasteiger partial charge on any atom is -0.480 e. The normalized spacial score (nSPS) is 24.7. The third kappa shape index (κ3) is 6.73. The van der Waals surface area contributed by atoms with E-state index >= 15 is 0 Å². The van der Waals surface area contributed by atoms with Gasteiger partial charge in [0, 0.05) is 17.1 Å². The van der Waals surface area contributed by atoms with Crippen molar-refractivity contribution in [2.45, 2.75) is 10.5 Å². The van der Waals surface area contributed by atoms with Gasteiger partial charge in [-0.1, -0.05) is 55.3 Å². The Kier molecular flexibility index (Phi) is 9.48. The average Bonchev–Trinajstić information content (AvgIpc) is 2.93. The standard InChI is InChI=1S/2C4H4O2S2.Fe/c2*5-4(6)3-1-2-7-8-3;/h2*1-3H,(H,5,6);. The van der Waals surface area contributed by atoms with Crippen LogP contribution in [0.5, 0.6) is 0 Å². The summed E-state index contributed by atoms with van der Waals surface area (Å²) in [7, 11) is 5.64. The SMILES string of the molecule is O=C(O)C1C=CSS1.O=C(O)C1C=CSS1.[Fe]. The summed E-state index contributed by atoms with van der Waals surface area (Å²) in [6.07, 6.45) is 3.36. The number of carbonyl (C=O) groups is 2. The Morgan fingerprint density at radius 1 is 0.882 bits per heavy atom. The van der Waals surface area contributed by atoms with Gasteiger partial charge in [0.15, 0.2) is 0 Å². The Hall–Kier alpha value is 0.339. The molecule has 0 aromatic rings. The summed E-state index contributed by atoms with van der Waals surface area (Å²) in [5, 5.41) is 19.6. The number of aliphatic carboxylic acids is 2. The molecular weight excluding hydrogens is 344 g/mol. The molecule has 96 valence electrons. The molecule has 4 nitrogen and oxygen atoms in total. The molecule has 17 heavy (non-hydrogen) atoms. The fourth-order valence-corrected chi connectivity index (χ4v) is 4.53. The van der Waals surface area contributed by atoms with Crippen LogP contribution in [0, 0.1) is 0 Å². The summed E-state index contributed by atoms with van der Waals surface area (Å²) in [6, 6.07) is 0. The van der Waals surface area contributed by atoms with E-state index in [9.17, 15) is 9.59 Å². The molecule has 0 radical (unpaired) electrons. The predicted octanol–water partition coefficient (Wildman–Crippen LogP) is 2.69. The van der Waals surface area contributed by atoms with E-state index in [0.717, 1.165) is 0 Å². The van der Waals surface area contributed by atoms with E-state index in [1.807, 2.05) is 0 Å². The molecule has 0 amide bonds. The van der Waals surface area contributed by atoms with Gasteiger partial charge >= 0.3 is 11.9 Å². The summed E-state index contributed by atoms with van der Waals surface area (Å²) in [5.41, 5.74) is 0. The Labute approximate surface area is 125 Å². The predicted molar refractivity (Wildman–Crippen MR) is 71.5 cm³/mol. The summed E-state index contributed by atoms with van der Waals surface area (Å²) < 4.78 is 0. The van der Waals surface area contributed by atoms with E-state index in [4.69, 9.17) is 10.2 Å². The molecule has 0 aliphatic carbocycles. The Balaban J connectivity index is 0.000000284. The van der Waals surface area contributed by atoms with E-state index in [0.29, 0.717) is 0 Å². The minimum absolute atomic E-state index is 0. The van der Waals surface area contributed by atoms with Crippen molar-refractivity contribution < 1.29 is 36.9 Å². The second-order valence-electron chi connectivity index (χ2n) is 2.56. The maximum absolute atomic E-state index is 10.1. The zero-order chi connectivity index (χ0) is 12.0. The van der Waals surface area contributed by atoms with E-state index in [1.54, 1.807) is 23.0 Å². The van der Waals surface area contributed by atoms with Crippen molar-refractivity contribution in [2.75, 3.05) is 0 Å². The van der Waals surface area contributed by atoms with Crippen LogP contribution in [0.15, 0.2) is 23.0 Å². The zero-order valence-electron chi connectivity index (χ0n) is 8.16. The van der Waals surface area contributed by atoms with Gasteiger partial charge in [-0.05, 0) is 10.8 Å². The molecule has 0 saturated heterocycles. The van der Waals surface area contributed by atoms with Gasteiger partial charge in [-0.2, -0.15) is 0 Å². The Morgan fingerprint density at radius 2 is 1.24 bits per heavy atom. The topological polar surface area (TPSA) is 74.6 Å². The van der Waals surface area contributed by atoms with Gasteiger partial charge in [-0.15, -0.1) is 0 Å². The van der Waals surface area contributed by atoms with Crippen molar-refractivity contribution in [3.05, 3.63) is 23.0 Å². The molecule has 2 rings (SSSR count). The number of hydrogen-bond acceptors (Lipinski definition) is 6. The number of hydrogen-bond donors (Lipinski definition) is 2. The molecule has 2 N–H and O–H groups in total. The minimum atomic E-state index is -0.753. The first-order chi connectivity index (χ1) is 7.61. The molecular formula is C8H8FeO4S4. The molecule has 0 spiro atoms. The zero-order valence-corrected chi connectivity index (χ0v) is 12.5. The van der Waals surface area contributed by atoms with Crippen molar-refractivity contribution in [3.63, 3.8) is 0 Å². The van der Waals surface area contributed by atoms with E-state index in [-0.39, 0.29) is 27.6 Å². The van der Waals surface area contributed by atoms with Crippen LogP contribution in [0.4, 0.5) is 0 Å². The van der Waals surface area contributed by atoms with Crippen molar-refractivity contribution in [2.24, 2.45) is 0 Å². The van der Waals surface area contributed by atoms with Crippen LogP contribution in [-0.4, -0.2) is 32.7 Å². The van der Waals surface area contributed by atoms with Crippen LogP contribution in [-0.2, 0) is 26.7 Å². The first kappa shape index (κ1) is 17.3. The average molecular weight is 352 g/mol. The van der Waals surface area contributed by atoms with Gasteiger partial charge in [0.05, 0.1) is 0 Å². The first-order valence-corrected chi connectivity index (χ1v) is 8.59. The van der Waals surface area contributed by atoms with Crippen molar-refractivity contribution in [3.8, 4) is 0 Å². The quantitative estimate of drug-likeness (QED) is 0.580. The van der Waals surface area contributed by atoms with Gasteiger partial charge in [0.25, 0.3) is 0 Å². The first-order valence-electron chi connectivity index (χ1n) is 4.04. The van der Waals surface area contributed by atoms with Crippen LogP contribution in [0.2, 0.25) is 0 Å². The molecule has 2 unspecified atom stereocenters. The van der Waals surface area contributed by atoms with Gasteiger partial charge in [0.1, 0.15) is 10.5 Å². The molecule has 2 heterocycles. The van der Waals surface area contributed by atoms with Crippen LogP contribution in [0.25, 0.3) is 0 Å².